The number of benzene rings is 1. The summed E-state index contributed by atoms with van der Waals surface area (Å²) >= 11 is 6.23. The molecule has 1 fully saturated rings. The molecule has 124 valence electrons. The first-order chi connectivity index (χ1) is 9.97. The molecule has 0 atom stereocenters. The topological polar surface area (TPSA) is 44.4 Å². The maximum absolute atomic E-state index is 12.2. The summed E-state index contributed by atoms with van der Waals surface area (Å²) in [6.07, 6.45) is 2.18. The molecule has 0 unspecified atom stereocenters. The average Bonchev–Trinajstić information content (AvgIpc) is 2.43. The van der Waals surface area contributed by atoms with Crippen molar-refractivity contribution >= 4 is 35.6 Å². The van der Waals surface area contributed by atoms with Crippen molar-refractivity contribution in [2.24, 2.45) is 0 Å². The molecular formula is C16H25Cl2N3O. The number of aryl methyl sites for hydroxylation is 2. The van der Waals surface area contributed by atoms with Crippen molar-refractivity contribution in [1.29, 1.82) is 0 Å². The number of anilines is 1. The number of amides is 1. The van der Waals surface area contributed by atoms with Crippen LogP contribution >= 0.6 is 24.0 Å². The minimum Gasteiger partial charge on any atom is -0.323 e. The first-order valence-corrected chi connectivity index (χ1v) is 7.82. The molecule has 1 saturated heterocycles. The predicted octanol–water partition coefficient (Wildman–Crippen LogP) is 3.00. The van der Waals surface area contributed by atoms with E-state index < -0.39 is 0 Å². The summed E-state index contributed by atoms with van der Waals surface area (Å²) in [7, 11) is 2.01. The second-order valence-corrected chi connectivity index (χ2v) is 6.29. The van der Waals surface area contributed by atoms with E-state index in [1.165, 1.54) is 0 Å². The van der Waals surface area contributed by atoms with Crippen molar-refractivity contribution in [2.45, 2.75) is 32.7 Å². The smallest absolute Gasteiger partial charge is 0.238 e. The van der Waals surface area contributed by atoms with Crippen LogP contribution in [0.2, 0.25) is 5.02 Å². The number of rotatable bonds is 4. The fraction of sp³-hybridized carbons (Fsp3) is 0.562. The van der Waals surface area contributed by atoms with Crippen LogP contribution in [0.25, 0.3) is 0 Å². The highest BCUT2D eigenvalue weighted by molar-refractivity contribution is 6.34. The molecule has 1 aromatic rings. The van der Waals surface area contributed by atoms with E-state index in [9.17, 15) is 4.79 Å². The lowest BCUT2D eigenvalue weighted by atomic mass is 10.1. The Balaban J connectivity index is 0.00000242. The second kappa shape index (κ2) is 8.73. The lowest BCUT2D eigenvalue weighted by Gasteiger charge is -2.31. The van der Waals surface area contributed by atoms with E-state index >= 15 is 0 Å². The molecule has 1 heterocycles. The van der Waals surface area contributed by atoms with Crippen LogP contribution in [0.15, 0.2) is 12.1 Å². The van der Waals surface area contributed by atoms with E-state index in [4.69, 9.17) is 11.6 Å². The van der Waals surface area contributed by atoms with Gasteiger partial charge in [-0.1, -0.05) is 17.7 Å². The number of hydrogen-bond acceptors (Lipinski definition) is 3. The third kappa shape index (κ3) is 5.13. The molecule has 0 bridgehead atoms. The van der Waals surface area contributed by atoms with Gasteiger partial charge in [0.2, 0.25) is 5.91 Å². The maximum Gasteiger partial charge on any atom is 0.238 e. The second-order valence-electron chi connectivity index (χ2n) is 5.88. The van der Waals surface area contributed by atoms with Crippen molar-refractivity contribution in [3.63, 3.8) is 0 Å². The molecule has 2 rings (SSSR count). The van der Waals surface area contributed by atoms with Gasteiger partial charge >= 0.3 is 0 Å². The number of nitrogens with zero attached hydrogens (tertiary/aromatic N) is 1. The largest absolute Gasteiger partial charge is 0.323 e. The van der Waals surface area contributed by atoms with Gasteiger partial charge in [0.1, 0.15) is 0 Å². The van der Waals surface area contributed by atoms with E-state index in [1.54, 1.807) is 0 Å². The van der Waals surface area contributed by atoms with Crippen LogP contribution in [0, 0.1) is 13.8 Å². The third-order valence-electron chi connectivity index (χ3n) is 4.02. The highest BCUT2D eigenvalue weighted by Gasteiger charge is 2.20. The number of nitrogens with one attached hydrogen (secondary N) is 2. The highest BCUT2D eigenvalue weighted by Crippen LogP contribution is 2.27. The average molecular weight is 346 g/mol. The Labute approximate surface area is 144 Å². The van der Waals surface area contributed by atoms with Crippen LogP contribution in [0.1, 0.15) is 24.0 Å². The molecule has 1 aromatic carbocycles. The summed E-state index contributed by atoms with van der Waals surface area (Å²) in [4.78, 5) is 14.4. The summed E-state index contributed by atoms with van der Waals surface area (Å²) in [6.45, 7) is 6.41. The zero-order valence-corrected chi connectivity index (χ0v) is 15.0. The van der Waals surface area contributed by atoms with Gasteiger partial charge in [-0.2, -0.15) is 0 Å². The molecule has 0 aliphatic carbocycles. The van der Waals surface area contributed by atoms with Gasteiger partial charge in [-0.3, -0.25) is 9.69 Å². The van der Waals surface area contributed by atoms with E-state index in [0.717, 1.165) is 42.7 Å². The standard InChI is InChI=1S/C16H24ClN3O.ClH/c1-11-8-12(2)16(14(17)9-11)19-15(21)10-20(3)13-4-6-18-7-5-13;/h8-9,13,18H,4-7,10H2,1-3H3,(H,19,21);1H. The van der Waals surface area contributed by atoms with E-state index in [0.29, 0.717) is 17.6 Å². The Morgan fingerprint density at radius 3 is 2.59 bits per heavy atom. The fourth-order valence-corrected chi connectivity index (χ4v) is 3.22. The number of likely N-dealkylation sites (N-methyl/N-ethyl adjacent to an activating group) is 1. The van der Waals surface area contributed by atoms with Crippen LogP contribution in [-0.2, 0) is 4.79 Å². The Morgan fingerprint density at radius 1 is 1.36 bits per heavy atom. The first kappa shape index (κ1) is 19.2. The normalized spacial score (nSPS) is 15.5. The summed E-state index contributed by atoms with van der Waals surface area (Å²) in [5, 5.41) is 6.89. The zero-order chi connectivity index (χ0) is 15.4. The molecular weight excluding hydrogens is 321 g/mol. The molecule has 1 aliphatic heterocycles. The molecule has 4 nitrogen and oxygen atoms in total. The van der Waals surface area contributed by atoms with Gasteiger partial charge in [0.05, 0.1) is 17.3 Å². The van der Waals surface area contributed by atoms with Gasteiger partial charge in [0, 0.05) is 6.04 Å². The van der Waals surface area contributed by atoms with Crippen molar-refractivity contribution in [1.82, 2.24) is 10.2 Å². The minimum absolute atomic E-state index is 0. The van der Waals surface area contributed by atoms with Crippen molar-refractivity contribution in [3.05, 3.63) is 28.3 Å². The number of piperidine rings is 1. The maximum atomic E-state index is 12.2. The number of halogens is 2. The van der Waals surface area contributed by atoms with Crippen LogP contribution in [0.4, 0.5) is 5.69 Å². The van der Waals surface area contributed by atoms with Gasteiger partial charge in [-0.05, 0) is 64.0 Å². The molecule has 0 aromatic heterocycles. The minimum atomic E-state index is -0.00937. The summed E-state index contributed by atoms with van der Waals surface area (Å²) < 4.78 is 0. The summed E-state index contributed by atoms with van der Waals surface area (Å²) in [6, 6.07) is 4.38. The Hall–Kier alpha value is -0.810. The van der Waals surface area contributed by atoms with Gasteiger partial charge in [-0.25, -0.2) is 0 Å². The molecule has 0 saturated carbocycles. The lowest BCUT2D eigenvalue weighted by Crippen LogP contribution is -2.44. The molecule has 0 radical (unpaired) electrons. The molecule has 2 N–H and O–H groups in total. The van der Waals surface area contributed by atoms with Gasteiger partial charge in [0.15, 0.2) is 0 Å². The number of carbonyl (C=O) groups excluding carboxylic acids is 1. The van der Waals surface area contributed by atoms with E-state index in [1.807, 2.05) is 33.0 Å². The molecule has 22 heavy (non-hydrogen) atoms. The number of carbonyl (C=O) groups is 1. The molecule has 0 spiro atoms. The van der Waals surface area contributed by atoms with Crippen LogP contribution < -0.4 is 10.6 Å². The summed E-state index contributed by atoms with van der Waals surface area (Å²) in [5.74, 6) is -0.00937. The highest BCUT2D eigenvalue weighted by atomic mass is 35.5. The Bertz CT molecular complexity index is 493. The van der Waals surface area contributed by atoms with E-state index in [-0.39, 0.29) is 18.3 Å². The third-order valence-corrected chi connectivity index (χ3v) is 4.32. The Morgan fingerprint density at radius 2 is 2.00 bits per heavy atom. The first-order valence-electron chi connectivity index (χ1n) is 7.45. The van der Waals surface area contributed by atoms with Gasteiger partial charge in [-0.15, -0.1) is 12.4 Å². The number of hydrogen-bond donors (Lipinski definition) is 2. The van der Waals surface area contributed by atoms with Crippen molar-refractivity contribution in [3.8, 4) is 0 Å². The predicted molar refractivity (Wildman–Crippen MR) is 95.3 cm³/mol. The SMILES string of the molecule is Cc1cc(C)c(NC(=O)CN(C)C2CCNCC2)c(Cl)c1.Cl. The van der Waals surface area contributed by atoms with Crippen molar-refractivity contribution in [2.75, 3.05) is 32.0 Å². The fourth-order valence-electron chi connectivity index (χ4n) is 2.86. The Kier molecular flexibility index (Phi) is 7.63. The van der Waals surface area contributed by atoms with Crippen LogP contribution in [-0.4, -0.2) is 43.5 Å². The van der Waals surface area contributed by atoms with Gasteiger partial charge < -0.3 is 10.6 Å². The van der Waals surface area contributed by atoms with Crippen molar-refractivity contribution < 1.29 is 4.79 Å². The zero-order valence-electron chi connectivity index (χ0n) is 13.4. The monoisotopic (exact) mass is 345 g/mol. The van der Waals surface area contributed by atoms with Crippen LogP contribution in [0.3, 0.4) is 0 Å². The quantitative estimate of drug-likeness (QED) is 0.881. The summed E-state index contributed by atoms with van der Waals surface area (Å²) in [5.41, 5.74) is 2.83. The molecule has 1 amide bonds. The molecule has 1 aliphatic rings. The van der Waals surface area contributed by atoms with Crippen LogP contribution in [0.5, 0.6) is 0 Å². The van der Waals surface area contributed by atoms with Gasteiger partial charge in [0.25, 0.3) is 0 Å². The molecule has 6 heteroatoms. The lowest BCUT2D eigenvalue weighted by molar-refractivity contribution is -0.117. The van der Waals surface area contributed by atoms with E-state index in [2.05, 4.69) is 15.5 Å².